The van der Waals surface area contributed by atoms with Crippen LogP contribution in [0.15, 0.2) is 0 Å². The van der Waals surface area contributed by atoms with Gasteiger partial charge in [0.05, 0.1) is 18.5 Å². The Morgan fingerprint density at radius 1 is 1.07 bits per heavy atom. The Kier molecular flexibility index (Phi) is 8.43. The van der Waals surface area contributed by atoms with E-state index in [2.05, 4.69) is 28.2 Å². The Morgan fingerprint density at radius 3 is 2.30 bits per heavy atom. The summed E-state index contributed by atoms with van der Waals surface area (Å²) in [5, 5.41) is 2.74. The van der Waals surface area contributed by atoms with Crippen LogP contribution in [0.3, 0.4) is 0 Å². The molecule has 2 unspecified atom stereocenters. The fourth-order valence-electron chi connectivity index (χ4n) is 5.67. The largest absolute Gasteiger partial charge is 0.449 e. The predicted octanol–water partition coefficient (Wildman–Crippen LogP) is 3.17. The molecule has 2 saturated carbocycles. The van der Waals surface area contributed by atoms with E-state index in [0.29, 0.717) is 38.2 Å². The number of carbonyl (C=O) groups excluding carboxylic acids is 3. The summed E-state index contributed by atoms with van der Waals surface area (Å²) in [6, 6.07) is 0. The lowest BCUT2D eigenvalue weighted by Gasteiger charge is -2.47. The highest BCUT2D eigenvalue weighted by molar-refractivity contribution is 9.09. The number of amides is 3. The van der Waals surface area contributed by atoms with Gasteiger partial charge in [0.15, 0.2) is 0 Å². The summed E-state index contributed by atoms with van der Waals surface area (Å²) in [5.41, 5.74) is 0.346. The molecule has 0 aromatic rings. The van der Waals surface area contributed by atoms with Crippen LogP contribution in [0.2, 0.25) is 0 Å². The Morgan fingerprint density at radius 2 is 1.70 bits per heavy atom. The summed E-state index contributed by atoms with van der Waals surface area (Å²) in [6.45, 7) is 4.67. The van der Waals surface area contributed by atoms with Gasteiger partial charge >= 0.3 is 6.09 Å². The Labute approximate surface area is 188 Å². The molecular formula is C22H36BrN3O4. The van der Waals surface area contributed by atoms with E-state index in [1.807, 2.05) is 0 Å². The number of rotatable bonds is 7. The minimum Gasteiger partial charge on any atom is -0.449 e. The van der Waals surface area contributed by atoms with Crippen molar-refractivity contribution < 1.29 is 19.1 Å². The van der Waals surface area contributed by atoms with Gasteiger partial charge in [-0.25, -0.2) is 4.79 Å². The maximum absolute atomic E-state index is 12.5. The first-order valence-corrected chi connectivity index (χ1v) is 12.6. The summed E-state index contributed by atoms with van der Waals surface area (Å²) in [5.74, 6) is 1.42. The van der Waals surface area contributed by atoms with Crippen LogP contribution < -0.4 is 5.32 Å². The van der Waals surface area contributed by atoms with E-state index in [9.17, 15) is 14.4 Å². The Balaban J connectivity index is 1.37. The van der Waals surface area contributed by atoms with Gasteiger partial charge in [0.25, 0.3) is 0 Å². The molecule has 1 heterocycles. The Hall–Kier alpha value is -1.31. The second kappa shape index (κ2) is 10.8. The van der Waals surface area contributed by atoms with Crippen molar-refractivity contribution in [2.45, 2.75) is 58.3 Å². The molecule has 1 saturated heterocycles. The van der Waals surface area contributed by atoms with Gasteiger partial charge in [0, 0.05) is 26.2 Å². The van der Waals surface area contributed by atoms with Gasteiger partial charge in [-0.15, -0.1) is 0 Å². The fraction of sp³-hybridized carbons (Fsp3) is 0.864. The average molecular weight is 486 g/mol. The van der Waals surface area contributed by atoms with Crippen LogP contribution >= 0.6 is 15.9 Å². The molecule has 1 aliphatic heterocycles. The van der Waals surface area contributed by atoms with Gasteiger partial charge in [-0.1, -0.05) is 48.5 Å². The lowest BCUT2D eigenvalue weighted by molar-refractivity contribution is -0.133. The minimum absolute atomic E-state index is 0.00400. The third-order valence-corrected chi connectivity index (χ3v) is 7.90. The molecule has 3 fully saturated rings. The van der Waals surface area contributed by atoms with Crippen molar-refractivity contribution in [3.8, 4) is 0 Å². The number of fused-ring (bicyclic) bond motifs is 2. The third kappa shape index (κ3) is 6.11. The van der Waals surface area contributed by atoms with Crippen molar-refractivity contribution in [3.63, 3.8) is 0 Å². The van der Waals surface area contributed by atoms with E-state index < -0.39 is 0 Å². The van der Waals surface area contributed by atoms with E-state index in [1.165, 1.54) is 44.9 Å². The second-order valence-electron chi connectivity index (χ2n) is 9.30. The van der Waals surface area contributed by atoms with E-state index in [-0.39, 0.29) is 29.8 Å². The average Bonchev–Trinajstić information content (AvgIpc) is 2.77. The van der Waals surface area contributed by atoms with Gasteiger partial charge in [-0.05, 0) is 42.9 Å². The van der Waals surface area contributed by atoms with Crippen molar-refractivity contribution in [3.05, 3.63) is 0 Å². The predicted molar refractivity (Wildman–Crippen MR) is 118 cm³/mol. The van der Waals surface area contributed by atoms with Crippen molar-refractivity contribution >= 4 is 33.8 Å². The molecule has 30 heavy (non-hydrogen) atoms. The summed E-state index contributed by atoms with van der Waals surface area (Å²) < 4.78 is 5.64. The fourth-order valence-corrected chi connectivity index (χ4v) is 5.87. The van der Waals surface area contributed by atoms with Crippen LogP contribution in [0.4, 0.5) is 4.79 Å². The molecule has 3 rings (SSSR count). The molecule has 7 nitrogen and oxygen atoms in total. The number of alkyl halides is 1. The zero-order valence-corrected chi connectivity index (χ0v) is 19.8. The molecule has 170 valence electrons. The van der Waals surface area contributed by atoms with E-state index in [0.717, 1.165) is 18.3 Å². The smallest absolute Gasteiger partial charge is 0.409 e. The Bertz CT molecular complexity index is 610. The van der Waals surface area contributed by atoms with Gasteiger partial charge in [-0.2, -0.15) is 0 Å². The molecule has 0 spiro atoms. The summed E-state index contributed by atoms with van der Waals surface area (Å²) >= 11 is 3.06. The molecule has 0 radical (unpaired) electrons. The number of halogens is 1. The summed E-state index contributed by atoms with van der Waals surface area (Å²) in [7, 11) is 0. The van der Waals surface area contributed by atoms with E-state index in [1.54, 1.807) is 9.80 Å². The number of hydrogen-bond donors (Lipinski definition) is 1. The SMILES string of the molecule is CCC1(CCOC(=O)N2CCN(C(=O)CNC(=O)CBr)CC2)CC2CCCC(C2)C1. The highest BCUT2D eigenvalue weighted by Crippen LogP contribution is 2.52. The van der Waals surface area contributed by atoms with Crippen LogP contribution in [0, 0.1) is 17.3 Å². The first-order chi connectivity index (χ1) is 14.4. The van der Waals surface area contributed by atoms with Crippen LogP contribution in [0.25, 0.3) is 0 Å². The number of carbonyl (C=O) groups is 3. The zero-order chi connectivity index (χ0) is 21.6. The van der Waals surface area contributed by atoms with E-state index >= 15 is 0 Å². The molecule has 3 amide bonds. The van der Waals surface area contributed by atoms with E-state index in [4.69, 9.17) is 4.74 Å². The van der Waals surface area contributed by atoms with Crippen molar-refractivity contribution in [2.24, 2.45) is 17.3 Å². The first kappa shape index (κ1) is 23.4. The van der Waals surface area contributed by atoms with Crippen molar-refractivity contribution in [1.29, 1.82) is 0 Å². The van der Waals surface area contributed by atoms with Gasteiger partial charge < -0.3 is 19.9 Å². The molecule has 3 aliphatic rings. The highest BCUT2D eigenvalue weighted by atomic mass is 79.9. The number of ether oxygens (including phenoxy) is 1. The molecule has 0 aromatic carbocycles. The monoisotopic (exact) mass is 485 g/mol. The normalized spacial score (nSPS) is 28.7. The number of piperazine rings is 1. The summed E-state index contributed by atoms with van der Waals surface area (Å²) in [6.07, 6.45) is 10.0. The van der Waals surface area contributed by atoms with Gasteiger partial charge in [0.2, 0.25) is 11.8 Å². The number of nitrogens with one attached hydrogen (secondary N) is 1. The maximum Gasteiger partial charge on any atom is 0.409 e. The second-order valence-corrected chi connectivity index (χ2v) is 9.86. The standard InChI is InChI=1S/C22H36BrN3O4/c1-2-22(13-17-4-3-5-18(12-17)14-22)6-11-30-21(29)26-9-7-25(8-10-26)20(28)16-24-19(27)15-23/h17-18H,2-16H2,1H3,(H,24,27). The zero-order valence-electron chi connectivity index (χ0n) is 18.2. The quantitative estimate of drug-likeness (QED) is 0.561. The lowest BCUT2D eigenvalue weighted by Crippen LogP contribution is -2.52. The third-order valence-electron chi connectivity index (χ3n) is 7.39. The molecule has 8 heteroatoms. The van der Waals surface area contributed by atoms with Gasteiger partial charge in [0.1, 0.15) is 0 Å². The highest BCUT2D eigenvalue weighted by Gasteiger charge is 2.41. The van der Waals surface area contributed by atoms with Crippen LogP contribution in [0.1, 0.15) is 58.3 Å². The molecular weight excluding hydrogens is 450 g/mol. The molecule has 2 aliphatic carbocycles. The minimum atomic E-state index is -0.267. The topological polar surface area (TPSA) is 79.0 Å². The number of hydrogen-bond acceptors (Lipinski definition) is 4. The van der Waals surface area contributed by atoms with Crippen LogP contribution in [0.5, 0.6) is 0 Å². The molecule has 2 bridgehead atoms. The van der Waals surface area contributed by atoms with Crippen molar-refractivity contribution in [2.75, 3.05) is 44.7 Å². The lowest BCUT2D eigenvalue weighted by atomic mass is 9.59. The number of nitrogens with zero attached hydrogens (tertiary/aromatic N) is 2. The van der Waals surface area contributed by atoms with Crippen LogP contribution in [-0.2, 0) is 14.3 Å². The van der Waals surface area contributed by atoms with Crippen molar-refractivity contribution in [1.82, 2.24) is 15.1 Å². The van der Waals surface area contributed by atoms with Gasteiger partial charge in [-0.3, -0.25) is 9.59 Å². The molecule has 0 aromatic heterocycles. The molecule has 1 N–H and O–H groups in total. The molecule has 2 atom stereocenters. The summed E-state index contributed by atoms with van der Waals surface area (Å²) in [4.78, 5) is 39.3. The maximum atomic E-state index is 12.5. The first-order valence-electron chi connectivity index (χ1n) is 11.5. The van der Waals surface area contributed by atoms with Crippen LogP contribution in [-0.4, -0.2) is 72.4 Å².